The Balaban J connectivity index is 4.19. The van der Waals surface area contributed by atoms with E-state index in [4.69, 9.17) is 19.7 Å². The molecule has 0 amide bonds. The predicted octanol–water partition coefficient (Wildman–Crippen LogP) is -1.43. The average Bonchev–Trinajstić information content (AvgIpc) is 2.12. The van der Waals surface area contributed by atoms with Crippen LogP contribution in [0.4, 0.5) is 0 Å². The summed E-state index contributed by atoms with van der Waals surface area (Å²) in [4.78, 5) is 10.4. The van der Waals surface area contributed by atoms with E-state index in [-0.39, 0.29) is 0 Å². The molecule has 0 aromatic carbocycles. The summed E-state index contributed by atoms with van der Waals surface area (Å²) in [6, 6.07) is 0. The van der Waals surface area contributed by atoms with E-state index in [1.54, 1.807) is 0 Å². The lowest BCUT2D eigenvalue weighted by Crippen LogP contribution is -2.42. The van der Waals surface area contributed by atoms with Gasteiger partial charge in [-0.15, -0.1) is 0 Å². The highest BCUT2D eigenvalue weighted by atomic mass is 16.5. The molecule has 3 unspecified atom stereocenters. The molecule has 3 atom stereocenters. The van der Waals surface area contributed by atoms with Gasteiger partial charge in [-0.25, -0.2) is 0 Å². The number of rotatable bonds is 6. The largest absolute Gasteiger partial charge is 0.394 e. The Morgan fingerprint density at radius 3 is 2.25 bits per heavy atom. The van der Waals surface area contributed by atoms with Gasteiger partial charge in [0.2, 0.25) is 0 Å². The first-order valence-corrected chi connectivity index (χ1v) is 3.51. The zero-order chi connectivity index (χ0) is 9.56. The summed E-state index contributed by atoms with van der Waals surface area (Å²) in [5.74, 6) is 0. The zero-order valence-corrected chi connectivity index (χ0v) is 7.14. The van der Waals surface area contributed by atoms with Crippen molar-refractivity contribution in [3.63, 3.8) is 0 Å². The smallest absolute Gasteiger partial charge is 0.151 e. The molecule has 0 rings (SSSR count). The lowest BCUT2D eigenvalue weighted by molar-refractivity contribution is -0.136. The second-order valence-corrected chi connectivity index (χ2v) is 2.29. The number of aliphatic hydroxyl groups is 2. The molecule has 0 fully saturated rings. The molecule has 72 valence electrons. The summed E-state index contributed by atoms with van der Waals surface area (Å²) in [7, 11) is 2.66. The summed E-state index contributed by atoms with van der Waals surface area (Å²) in [5.41, 5.74) is 0. The van der Waals surface area contributed by atoms with Gasteiger partial charge in [0.25, 0.3) is 0 Å². The summed E-state index contributed by atoms with van der Waals surface area (Å²) in [5, 5.41) is 17.7. The maximum Gasteiger partial charge on any atom is 0.151 e. The Morgan fingerprint density at radius 1 is 1.42 bits per heavy atom. The van der Waals surface area contributed by atoms with Crippen LogP contribution in [0.5, 0.6) is 0 Å². The molecule has 2 N–H and O–H groups in total. The van der Waals surface area contributed by atoms with Gasteiger partial charge in [0.05, 0.1) is 6.61 Å². The van der Waals surface area contributed by atoms with Crippen LogP contribution >= 0.6 is 0 Å². The molecule has 0 aliphatic carbocycles. The molecular weight excluding hydrogens is 164 g/mol. The Labute approximate surface area is 70.9 Å². The molecule has 0 saturated carbocycles. The van der Waals surface area contributed by atoms with Crippen LogP contribution in [0.2, 0.25) is 0 Å². The van der Waals surface area contributed by atoms with Crippen molar-refractivity contribution < 1.29 is 24.5 Å². The highest BCUT2D eigenvalue weighted by Gasteiger charge is 2.27. The van der Waals surface area contributed by atoms with Gasteiger partial charge in [-0.2, -0.15) is 0 Å². The van der Waals surface area contributed by atoms with E-state index in [0.29, 0.717) is 6.29 Å². The van der Waals surface area contributed by atoms with Gasteiger partial charge in [-0.05, 0) is 0 Å². The van der Waals surface area contributed by atoms with Crippen LogP contribution in [0.15, 0.2) is 0 Å². The van der Waals surface area contributed by atoms with Gasteiger partial charge in [-0.1, -0.05) is 0 Å². The Hall–Kier alpha value is -0.490. The fourth-order valence-corrected chi connectivity index (χ4v) is 0.881. The number of ether oxygens (including phenoxy) is 2. The van der Waals surface area contributed by atoms with Crippen molar-refractivity contribution in [2.45, 2.75) is 18.3 Å². The molecule has 0 aromatic rings. The van der Waals surface area contributed by atoms with Gasteiger partial charge in [-0.3, -0.25) is 0 Å². The molecule has 0 heterocycles. The minimum absolute atomic E-state index is 0.466. The lowest BCUT2D eigenvalue weighted by Gasteiger charge is -2.23. The van der Waals surface area contributed by atoms with Crippen LogP contribution in [0.1, 0.15) is 0 Å². The minimum atomic E-state index is -1.11. The van der Waals surface area contributed by atoms with Gasteiger partial charge >= 0.3 is 0 Å². The third kappa shape index (κ3) is 2.86. The Morgan fingerprint density at radius 2 is 2.00 bits per heavy atom. The topological polar surface area (TPSA) is 76.0 Å². The minimum Gasteiger partial charge on any atom is -0.394 e. The number of carbonyl (C=O) groups is 1. The van der Waals surface area contributed by atoms with Gasteiger partial charge < -0.3 is 24.5 Å². The molecule has 0 radical (unpaired) electrons. The molecule has 0 saturated heterocycles. The van der Waals surface area contributed by atoms with Crippen molar-refractivity contribution in [3.8, 4) is 0 Å². The van der Waals surface area contributed by atoms with Crippen LogP contribution in [0.3, 0.4) is 0 Å². The van der Waals surface area contributed by atoms with Crippen molar-refractivity contribution in [2.24, 2.45) is 0 Å². The van der Waals surface area contributed by atoms with Crippen LogP contribution < -0.4 is 0 Å². The van der Waals surface area contributed by atoms with Crippen LogP contribution in [-0.2, 0) is 14.3 Å². The fourth-order valence-electron chi connectivity index (χ4n) is 0.881. The maximum absolute atomic E-state index is 10.4. The van der Waals surface area contributed by atoms with E-state index in [9.17, 15) is 4.79 Å². The van der Waals surface area contributed by atoms with E-state index in [1.807, 2.05) is 0 Å². The highest BCUT2D eigenvalue weighted by molar-refractivity contribution is 5.57. The SMILES string of the molecule is COC(C=O)C(OC)C(O)CO. The van der Waals surface area contributed by atoms with Crippen molar-refractivity contribution in [2.75, 3.05) is 20.8 Å². The van der Waals surface area contributed by atoms with Crippen molar-refractivity contribution >= 4 is 6.29 Å². The highest BCUT2D eigenvalue weighted by Crippen LogP contribution is 2.05. The van der Waals surface area contributed by atoms with Crippen molar-refractivity contribution in [1.29, 1.82) is 0 Å². The van der Waals surface area contributed by atoms with Gasteiger partial charge in [0.15, 0.2) is 6.29 Å². The fraction of sp³-hybridized carbons (Fsp3) is 0.857. The molecule has 0 aliphatic rings. The van der Waals surface area contributed by atoms with Crippen LogP contribution in [-0.4, -0.2) is 55.6 Å². The quantitative estimate of drug-likeness (QED) is 0.488. The molecular formula is C7H14O5. The molecule has 0 aliphatic heterocycles. The summed E-state index contributed by atoms with van der Waals surface area (Å²) in [6.07, 6.45) is -2.26. The van der Waals surface area contributed by atoms with Crippen molar-refractivity contribution in [1.82, 2.24) is 0 Å². The molecule has 12 heavy (non-hydrogen) atoms. The zero-order valence-electron chi connectivity index (χ0n) is 7.14. The summed E-state index contributed by atoms with van der Waals surface area (Å²) >= 11 is 0. The number of hydrogen-bond donors (Lipinski definition) is 2. The van der Waals surface area contributed by atoms with E-state index in [0.717, 1.165) is 0 Å². The molecule has 0 spiro atoms. The molecule has 5 heteroatoms. The summed E-state index contributed by atoms with van der Waals surface area (Å²) in [6.45, 7) is -0.466. The second-order valence-electron chi connectivity index (χ2n) is 2.29. The monoisotopic (exact) mass is 178 g/mol. The van der Waals surface area contributed by atoms with Crippen LogP contribution in [0.25, 0.3) is 0 Å². The first-order chi connectivity index (χ1) is 5.71. The molecule has 0 bridgehead atoms. The lowest BCUT2D eigenvalue weighted by atomic mass is 10.1. The Bertz CT molecular complexity index is 127. The predicted molar refractivity (Wildman–Crippen MR) is 40.8 cm³/mol. The van der Waals surface area contributed by atoms with Crippen molar-refractivity contribution in [3.05, 3.63) is 0 Å². The van der Waals surface area contributed by atoms with Crippen LogP contribution in [0, 0.1) is 0 Å². The third-order valence-corrected chi connectivity index (χ3v) is 1.57. The second kappa shape index (κ2) is 6.07. The number of carbonyl (C=O) groups excluding carboxylic acids is 1. The number of aldehydes is 1. The first kappa shape index (κ1) is 11.5. The van der Waals surface area contributed by atoms with E-state index < -0.39 is 24.9 Å². The van der Waals surface area contributed by atoms with E-state index >= 15 is 0 Å². The third-order valence-electron chi connectivity index (χ3n) is 1.57. The first-order valence-electron chi connectivity index (χ1n) is 3.51. The normalized spacial score (nSPS) is 18.3. The van der Waals surface area contributed by atoms with Gasteiger partial charge in [0.1, 0.15) is 18.3 Å². The molecule has 0 aromatic heterocycles. The Kier molecular flexibility index (Phi) is 5.83. The van der Waals surface area contributed by atoms with Gasteiger partial charge in [0, 0.05) is 14.2 Å². The summed E-state index contributed by atoms with van der Waals surface area (Å²) < 4.78 is 9.49. The standard InChI is InChI=1S/C7H14O5/c1-11-6(4-9)7(12-2)5(10)3-8/h4-8,10H,3H2,1-2H3. The maximum atomic E-state index is 10.4. The van der Waals surface area contributed by atoms with E-state index in [2.05, 4.69) is 0 Å². The number of aliphatic hydroxyl groups excluding tert-OH is 2. The molecule has 5 nitrogen and oxygen atoms in total. The average molecular weight is 178 g/mol. The number of hydrogen-bond acceptors (Lipinski definition) is 5. The van der Waals surface area contributed by atoms with E-state index in [1.165, 1.54) is 14.2 Å². The number of methoxy groups -OCH3 is 2.